The summed E-state index contributed by atoms with van der Waals surface area (Å²) < 4.78 is 10.4. The van der Waals surface area contributed by atoms with Crippen molar-refractivity contribution >= 4 is 5.97 Å². The van der Waals surface area contributed by atoms with E-state index in [4.69, 9.17) is 14.6 Å². The Balaban J connectivity index is 2.36. The fraction of sp³-hybridized carbons (Fsp3) is 0.462. The van der Waals surface area contributed by atoms with E-state index in [2.05, 4.69) is 0 Å². The zero-order valence-corrected chi connectivity index (χ0v) is 10.2. The summed E-state index contributed by atoms with van der Waals surface area (Å²) in [4.78, 5) is 11.1. The lowest BCUT2D eigenvalue weighted by molar-refractivity contribution is -0.142. The maximum atomic E-state index is 11.1. The Labute approximate surface area is 100 Å². The zero-order chi connectivity index (χ0) is 12.6. The van der Waals surface area contributed by atoms with Crippen LogP contribution in [0.1, 0.15) is 24.8 Å². The van der Waals surface area contributed by atoms with Gasteiger partial charge in [-0.2, -0.15) is 0 Å². The molecule has 0 aromatic heterocycles. The van der Waals surface area contributed by atoms with E-state index in [1.807, 2.05) is 18.2 Å². The third kappa shape index (κ3) is 1.84. The number of carbonyl (C=O) groups is 1. The fourth-order valence-corrected chi connectivity index (χ4v) is 2.17. The number of methoxy groups -OCH3 is 2. The number of ether oxygens (including phenoxy) is 2. The Morgan fingerprint density at radius 1 is 1.41 bits per heavy atom. The van der Waals surface area contributed by atoms with Crippen LogP contribution in [-0.4, -0.2) is 25.3 Å². The minimum absolute atomic E-state index is 0.00468. The molecule has 0 bridgehead atoms. The minimum Gasteiger partial charge on any atom is -0.497 e. The molecule has 2 atom stereocenters. The molecular weight excluding hydrogens is 220 g/mol. The van der Waals surface area contributed by atoms with Crippen molar-refractivity contribution < 1.29 is 19.4 Å². The van der Waals surface area contributed by atoms with Crippen LogP contribution in [0.15, 0.2) is 18.2 Å². The fourth-order valence-electron chi connectivity index (χ4n) is 2.17. The largest absolute Gasteiger partial charge is 0.497 e. The maximum absolute atomic E-state index is 11.1. The van der Waals surface area contributed by atoms with Gasteiger partial charge in [0.15, 0.2) is 0 Å². The smallest absolute Gasteiger partial charge is 0.309 e. The lowest BCUT2D eigenvalue weighted by atomic mass is 10.0. The summed E-state index contributed by atoms with van der Waals surface area (Å²) in [6.45, 7) is 1.76. The van der Waals surface area contributed by atoms with Crippen LogP contribution in [0, 0.1) is 5.41 Å². The van der Waals surface area contributed by atoms with Crippen molar-refractivity contribution in [3.8, 4) is 11.5 Å². The van der Waals surface area contributed by atoms with Crippen LogP contribution in [-0.2, 0) is 4.79 Å². The molecule has 0 saturated heterocycles. The molecule has 0 amide bonds. The molecule has 1 aliphatic carbocycles. The maximum Gasteiger partial charge on any atom is 0.309 e. The Hall–Kier alpha value is -1.71. The van der Waals surface area contributed by atoms with Crippen molar-refractivity contribution in [3.63, 3.8) is 0 Å². The predicted octanol–water partition coefficient (Wildman–Crippen LogP) is 2.28. The van der Waals surface area contributed by atoms with Crippen molar-refractivity contribution in [1.82, 2.24) is 0 Å². The quantitative estimate of drug-likeness (QED) is 0.871. The summed E-state index contributed by atoms with van der Waals surface area (Å²) in [5, 5.41) is 9.16. The van der Waals surface area contributed by atoms with Crippen molar-refractivity contribution in [2.24, 2.45) is 5.41 Å². The molecule has 1 saturated carbocycles. The lowest BCUT2D eigenvalue weighted by Crippen LogP contribution is -2.12. The highest BCUT2D eigenvalue weighted by Crippen LogP contribution is 2.61. The topological polar surface area (TPSA) is 55.8 Å². The molecule has 17 heavy (non-hydrogen) atoms. The van der Waals surface area contributed by atoms with Gasteiger partial charge < -0.3 is 14.6 Å². The van der Waals surface area contributed by atoms with Gasteiger partial charge >= 0.3 is 5.97 Å². The van der Waals surface area contributed by atoms with Gasteiger partial charge in [0.25, 0.3) is 0 Å². The van der Waals surface area contributed by atoms with E-state index in [9.17, 15) is 4.79 Å². The molecule has 92 valence electrons. The molecule has 0 aliphatic heterocycles. The van der Waals surface area contributed by atoms with Crippen molar-refractivity contribution in [2.75, 3.05) is 14.2 Å². The van der Waals surface area contributed by atoms with Gasteiger partial charge in [-0.1, -0.05) is 0 Å². The number of hydrogen-bond acceptors (Lipinski definition) is 3. The van der Waals surface area contributed by atoms with Crippen molar-refractivity contribution in [1.29, 1.82) is 0 Å². The molecular formula is C13H16O4. The number of carboxylic acid groups (broad SMARTS) is 1. The summed E-state index contributed by atoms with van der Waals surface area (Å²) in [6.07, 6.45) is 0.645. The number of hydrogen-bond donors (Lipinski definition) is 1. The van der Waals surface area contributed by atoms with E-state index in [-0.39, 0.29) is 5.92 Å². The summed E-state index contributed by atoms with van der Waals surface area (Å²) in [6, 6.07) is 5.48. The van der Waals surface area contributed by atoms with Crippen molar-refractivity contribution in [2.45, 2.75) is 19.3 Å². The molecule has 1 aliphatic rings. The molecule has 0 heterocycles. The van der Waals surface area contributed by atoms with E-state index < -0.39 is 11.4 Å². The third-order valence-corrected chi connectivity index (χ3v) is 3.54. The highest BCUT2D eigenvalue weighted by Gasteiger charge is 2.58. The average Bonchev–Trinajstić information content (AvgIpc) is 3.02. The van der Waals surface area contributed by atoms with Crippen LogP contribution in [0.3, 0.4) is 0 Å². The highest BCUT2D eigenvalue weighted by molar-refractivity contribution is 5.80. The third-order valence-electron chi connectivity index (χ3n) is 3.54. The first kappa shape index (κ1) is 11.8. The SMILES string of the molecule is COc1ccc(OC)c(C2CC2(C)C(=O)O)c1. The van der Waals surface area contributed by atoms with E-state index in [1.165, 1.54) is 0 Å². The Kier molecular flexibility index (Phi) is 2.73. The lowest BCUT2D eigenvalue weighted by Gasteiger charge is -2.11. The van der Waals surface area contributed by atoms with Crippen LogP contribution in [0.2, 0.25) is 0 Å². The second kappa shape index (κ2) is 3.95. The summed E-state index contributed by atoms with van der Waals surface area (Å²) >= 11 is 0. The molecule has 4 heteroatoms. The number of benzene rings is 1. The van der Waals surface area contributed by atoms with E-state index in [0.717, 1.165) is 17.1 Å². The zero-order valence-electron chi connectivity index (χ0n) is 10.2. The van der Waals surface area contributed by atoms with Crippen LogP contribution in [0.4, 0.5) is 0 Å². The minimum atomic E-state index is -0.757. The molecule has 1 fully saturated rings. The van der Waals surface area contributed by atoms with E-state index in [1.54, 1.807) is 21.1 Å². The summed E-state index contributed by atoms with van der Waals surface area (Å²) in [7, 11) is 3.18. The van der Waals surface area contributed by atoms with Gasteiger partial charge in [0.1, 0.15) is 11.5 Å². The molecule has 1 aromatic carbocycles. The van der Waals surface area contributed by atoms with Crippen LogP contribution < -0.4 is 9.47 Å². The first-order chi connectivity index (χ1) is 8.02. The van der Waals surface area contributed by atoms with Gasteiger partial charge in [0, 0.05) is 11.5 Å². The second-order valence-electron chi connectivity index (χ2n) is 4.59. The highest BCUT2D eigenvalue weighted by atomic mass is 16.5. The van der Waals surface area contributed by atoms with Gasteiger partial charge in [-0.25, -0.2) is 0 Å². The summed E-state index contributed by atoms with van der Waals surface area (Å²) in [5.41, 5.74) is 0.247. The van der Waals surface area contributed by atoms with Crippen LogP contribution in [0.25, 0.3) is 0 Å². The molecule has 1 N–H and O–H groups in total. The van der Waals surface area contributed by atoms with Crippen LogP contribution in [0.5, 0.6) is 11.5 Å². The summed E-state index contributed by atoms with van der Waals surface area (Å²) in [5.74, 6) is 0.693. The monoisotopic (exact) mass is 236 g/mol. The average molecular weight is 236 g/mol. The molecule has 1 aromatic rings. The van der Waals surface area contributed by atoms with E-state index >= 15 is 0 Å². The number of carboxylic acids is 1. The normalized spacial score (nSPS) is 26.4. The van der Waals surface area contributed by atoms with Crippen LogP contribution >= 0.6 is 0 Å². The Morgan fingerprint density at radius 2 is 2.12 bits per heavy atom. The van der Waals surface area contributed by atoms with E-state index in [0.29, 0.717) is 6.42 Å². The molecule has 4 nitrogen and oxygen atoms in total. The number of rotatable bonds is 4. The van der Waals surface area contributed by atoms with Gasteiger partial charge in [-0.15, -0.1) is 0 Å². The van der Waals surface area contributed by atoms with Gasteiger partial charge in [-0.3, -0.25) is 4.79 Å². The first-order valence-electron chi connectivity index (χ1n) is 5.48. The van der Waals surface area contributed by atoms with Crippen molar-refractivity contribution in [3.05, 3.63) is 23.8 Å². The first-order valence-corrected chi connectivity index (χ1v) is 5.48. The van der Waals surface area contributed by atoms with Gasteiger partial charge in [-0.05, 0) is 31.5 Å². The second-order valence-corrected chi connectivity index (χ2v) is 4.59. The molecule has 0 radical (unpaired) electrons. The number of aliphatic carboxylic acids is 1. The molecule has 2 rings (SSSR count). The van der Waals surface area contributed by atoms with Gasteiger partial charge in [0.05, 0.1) is 19.6 Å². The standard InChI is InChI=1S/C13H16O4/c1-13(12(14)15)7-10(13)9-6-8(16-2)4-5-11(9)17-3/h4-6,10H,7H2,1-3H3,(H,14,15). The van der Waals surface area contributed by atoms with Gasteiger partial charge in [0.2, 0.25) is 0 Å². The Morgan fingerprint density at radius 3 is 2.59 bits per heavy atom. The molecule has 2 unspecified atom stereocenters. The molecule has 0 spiro atoms. The predicted molar refractivity (Wildman–Crippen MR) is 62.6 cm³/mol. The Bertz CT molecular complexity index is 455.